The zero-order chi connectivity index (χ0) is 20.1. The topological polar surface area (TPSA) is 110 Å². The van der Waals surface area contributed by atoms with Gasteiger partial charge in [0.1, 0.15) is 12.1 Å². The standard InChI is InChI=1S/C17H11ClFN5O3S/c18-11-3-7-13(8-4-11)28-17-14(24(26)27)15(20-9-21-17)22-23-16(25)10-1-5-12(19)6-2-10/h1-9H,(H,23,25)(H,20,21,22). The maximum absolute atomic E-state index is 12.9. The zero-order valence-corrected chi connectivity index (χ0v) is 15.5. The Morgan fingerprint density at radius 3 is 2.43 bits per heavy atom. The molecule has 1 aromatic heterocycles. The molecule has 0 bridgehead atoms. The number of carbonyl (C=O) groups is 1. The third kappa shape index (κ3) is 4.72. The molecule has 2 aromatic carbocycles. The predicted molar refractivity (Wildman–Crippen MR) is 102 cm³/mol. The summed E-state index contributed by atoms with van der Waals surface area (Å²) in [4.78, 5) is 31.4. The maximum Gasteiger partial charge on any atom is 0.345 e. The van der Waals surface area contributed by atoms with Gasteiger partial charge in [-0.3, -0.25) is 25.8 Å². The summed E-state index contributed by atoms with van der Waals surface area (Å²) >= 11 is 6.89. The molecule has 0 aliphatic rings. The van der Waals surface area contributed by atoms with E-state index < -0.39 is 22.3 Å². The van der Waals surface area contributed by atoms with Crippen LogP contribution in [0.2, 0.25) is 5.02 Å². The number of rotatable bonds is 6. The van der Waals surface area contributed by atoms with Crippen LogP contribution in [0.1, 0.15) is 10.4 Å². The number of nitrogens with zero attached hydrogens (tertiary/aromatic N) is 3. The number of hydrazine groups is 1. The summed E-state index contributed by atoms with van der Waals surface area (Å²) in [6.07, 6.45) is 1.14. The molecule has 0 aliphatic carbocycles. The molecule has 0 atom stereocenters. The quantitative estimate of drug-likeness (QED) is 0.352. The summed E-state index contributed by atoms with van der Waals surface area (Å²) in [5, 5.41) is 12.2. The molecule has 1 heterocycles. The second-order valence-corrected chi connectivity index (χ2v) is 6.77. The van der Waals surface area contributed by atoms with Crippen LogP contribution >= 0.6 is 23.4 Å². The van der Waals surface area contributed by atoms with Gasteiger partial charge < -0.3 is 0 Å². The summed E-state index contributed by atoms with van der Waals surface area (Å²) in [6.45, 7) is 0. The van der Waals surface area contributed by atoms with E-state index in [1.807, 2.05) is 0 Å². The lowest BCUT2D eigenvalue weighted by Crippen LogP contribution is -2.30. The molecule has 0 radical (unpaired) electrons. The van der Waals surface area contributed by atoms with Crippen molar-refractivity contribution < 1.29 is 14.1 Å². The minimum atomic E-state index is -0.648. The molecule has 11 heteroatoms. The Morgan fingerprint density at radius 1 is 1.11 bits per heavy atom. The highest BCUT2D eigenvalue weighted by Crippen LogP contribution is 2.36. The molecule has 142 valence electrons. The van der Waals surface area contributed by atoms with E-state index in [1.165, 1.54) is 12.1 Å². The van der Waals surface area contributed by atoms with Crippen molar-refractivity contribution >= 4 is 40.8 Å². The van der Waals surface area contributed by atoms with E-state index >= 15 is 0 Å². The van der Waals surface area contributed by atoms with Crippen molar-refractivity contribution in [3.63, 3.8) is 0 Å². The highest BCUT2D eigenvalue weighted by atomic mass is 35.5. The lowest BCUT2D eigenvalue weighted by molar-refractivity contribution is -0.387. The summed E-state index contributed by atoms with van der Waals surface area (Å²) in [7, 11) is 0. The fourth-order valence-electron chi connectivity index (χ4n) is 2.10. The van der Waals surface area contributed by atoms with E-state index in [1.54, 1.807) is 24.3 Å². The largest absolute Gasteiger partial charge is 0.345 e. The third-order valence-corrected chi connectivity index (χ3v) is 4.65. The summed E-state index contributed by atoms with van der Waals surface area (Å²) in [5.41, 5.74) is 4.48. The lowest BCUT2D eigenvalue weighted by Gasteiger charge is -2.09. The molecule has 0 spiro atoms. The van der Waals surface area contributed by atoms with Gasteiger partial charge in [0, 0.05) is 15.5 Å². The molecule has 3 aromatic rings. The van der Waals surface area contributed by atoms with Gasteiger partial charge in [-0.1, -0.05) is 23.4 Å². The van der Waals surface area contributed by atoms with Crippen LogP contribution in [-0.2, 0) is 0 Å². The Hall–Kier alpha value is -3.24. The van der Waals surface area contributed by atoms with Crippen molar-refractivity contribution in [2.75, 3.05) is 5.43 Å². The molecule has 1 amide bonds. The normalized spacial score (nSPS) is 10.4. The number of carbonyl (C=O) groups excluding carboxylic acids is 1. The monoisotopic (exact) mass is 419 g/mol. The molecule has 2 N–H and O–H groups in total. The van der Waals surface area contributed by atoms with Crippen LogP contribution in [0.3, 0.4) is 0 Å². The molecule has 0 aliphatic heterocycles. The first-order chi connectivity index (χ1) is 13.4. The SMILES string of the molecule is O=C(NNc1ncnc(Sc2ccc(Cl)cc2)c1[N+](=O)[O-])c1ccc(F)cc1. The van der Waals surface area contributed by atoms with Crippen LogP contribution in [0.15, 0.2) is 64.8 Å². The fourth-order valence-corrected chi connectivity index (χ4v) is 3.09. The summed E-state index contributed by atoms with van der Waals surface area (Å²) in [6, 6.07) is 11.5. The van der Waals surface area contributed by atoms with Gasteiger partial charge in [0.2, 0.25) is 5.82 Å². The van der Waals surface area contributed by atoms with Crippen molar-refractivity contribution in [3.05, 3.63) is 81.4 Å². The van der Waals surface area contributed by atoms with Crippen LogP contribution in [0.5, 0.6) is 0 Å². The number of halogens is 2. The van der Waals surface area contributed by atoms with Crippen LogP contribution < -0.4 is 10.9 Å². The number of hydrogen-bond acceptors (Lipinski definition) is 7. The molecule has 0 fully saturated rings. The van der Waals surface area contributed by atoms with Crippen LogP contribution in [0, 0.1) is 15.9 Å². The van der Waals surface area contributed by atoms with Gasteiger partial charge in [-0.05, 0) is 48.5 Å². The lowest BCUT2D eigenvalue weighted by atomic mass is 10.2. The summed E-state index contributed by atoms with van der Waals surface area (Å²) in [5.74, 6) is -1.29. The first kappa shape index (κ1) is 19.5. The molecule has 8 nitrogen and oxygen atoms in total. The fraction of sp³-hybridized carbons (Fsp3) is 0. The van der Waals surface area contributed by atoms with Crippen LogP contribution in [0.4, 0.5) is 15.9 Å². The number of nitrogens with one attached hydrogen (secondary N) is 2. The molecule has 28 heavy (non-hydrogen) atoms. The van der Waals surface area contributed by atoms with E-state index in [2.05, 4.69) is 20.8 Å². The Balaban J connectivity index is 1.80. The number of nitro groups is 1. The molecule has 0 saturated heterocycles. The first-order valence-corrected chi connectivity index (χ1v) is 8.88. The van der Waals surface area contributed by atoms with Crippen LogP contribution in [0.25, 0.3) is 0 Å². The van der Waals surface area contributed by atoms with Gasteiger partial charge in [0.25, 0.3) is 5.91 Å². The Morgan fingerprint density at radius 2 is 1.79 bits per heavy atom. The smallest absolute Gasteiger partial charge is 0.276 e. The van der Waals surface area contributed by atoms with Gasteiger partial charge in [-0.25, -0.2) is 14.4 Å². The number of hydrogen-bond donors (Lipinski definition) is 2. The summed E-state index contributed by atoms with van der Waals surface area (Å²) < 4.78 is 12.9. The van der Waals surface area contributed by atoms with Crippen molar-refractivity contribution in [1.82, 2.24) is 15.4 Å². The molecular formula is C17H11ClFN5O3S. The van der Waals surface area contributed by atoms with Crippen molar-refractivity contribution in [2.24, 2.45) is 0 Å². The highest BCUT2D eigenvalue weighted by molar-refractivity contribution is 7.99. The Labute approximate surface area is 167 Å². The zero-order valence-electron chi connectivity index (χ0n) is 13.9. The van der Waals surface area contributed by atoms with Crippen LogP contribution in [-0.4, -0.2) is 20.8 Å². The van der Waals surface area contributed by atoms with E-state index in [9.17, 15) is 19.3 Å². The van der Waals surface area contributed by atoms with Gasteiger partial charge in [0.15, 0.2) is 5.03 Å². The maximum atomic E-state index is 12.9. The van der Waals surface area contributed by atoms with Gasteiger partial charge in [-0.2, -0.15) is 0 Å². The number of anilines is 1. The molecule has 0 saturated carbocycles. The average molecular weight is 420 g/mol. The van der Waals surface area contributed by atoms with E-state index in [0.717, 1.165) is 30.2 Å². The average Bonchev–Trinajstić information content (AvgIpc) is 2.68. The number of amides is 1. The second-order valence-electron chi connectivity index (χ2n) is 5.28. The van der Waals surface area contributed by atoms with Gasteiger partial charge >= 0.3 is 5.69 Å². The minimum absolute atomic E-state index is 0.0841. The Kier molecular flexibility index (Phi) is 6.02. The third-order valence-electron chi connectivity index (χ3n) is 3.40. The van der Waals surface area contributed by atoms with Gasteiger partial charge in [0.05, 0.1) is 4.92 Å². The molecule has 0 unspecified atom stereocenters. The molecular weight excluding hydrogens is 409 g/mol. The Bertz CT molecular complexity index is 1020. The van der Waals surface area contributed by atoms with Gasteiger partial charge in [-0.15, -0.1) is 0 Å². The van der Waals surface area contributed by atoms with E-state index in [4.69, 9.17) is 11.6 Å². The van der Waals surface area contributed by atoms with E-state index in [-0.39, 0.29) is 16.4 Å². The molecule has 3 rings (SSSR count). The predicted octanol–water partition coefficient (Wildman–Crippen LogP) is 4.09. The first-order valence-electron chi connectivity index (χ1n) is 7.69. The van der Waals surface area contributed by atoms with Crippen molar-refractivity contribution in [3.8, 4) is 0 Å². The number of aromatic nitrogens is 2. The minimum Gasteiger partial charge on any atom is -0.276 e. The number of benzene rings is 2. The van der Waals surface area contributed by atoms with Crippen molar-refractivity contribution in [2.45, 2.75) is 9.92 Å². The second kappa shape index (κ2) is 8.63. The highest BCUT2D eigenvalue weighted by Gasteiger charge is 2.24. The van der Waals surface area contributed by atoms with Crippen molar-refractivity contribution in [1.29, 1.82) is 0 Å². The van der Waals surface area contributed by atoms with E-state index in [0.29, 0.717) is 9.92 Å².